The minimum Gasteiger partial charge on any atom is -0.491 e. The molecular weight excluding hydrogens is 1070 g/mol. The van der Waals surface area contributed by atoms with E-state index in [1.165, 1.54) is 12.1 Å². The van der Waals surface area contributed by atoms with Crippen LogP contribution < -0.4 is 20.7 Å². The Hall–Kier alpha value is -7.41. The Labute approximate surface area is 474 Å². The number of hydrogen-bond acceptors (Lipinski definition) is 16. The number of ether oxygens (including phenoxy) is 7. The summed E-state index contributed by atoms with van der Waals surface area (Å²) in [6.07, 6.45) is -2.64. The van der Waals surface area contributed by atoms with Crippen LogP contribution in [0.3, 0.4) is 0 Å². The first-order valence-corrected chi connectivity index (χ1v) is 27.5. The number of rotatable bonds is 36. The minimum absolute atomic E-state index is 0.0471. The van der Waals surface area contributed by atoms with E-state index in [1.807, 2.05) is 48.7 Å². The largest absolute Gasteiger partial charge is 0.491 e. The van der Waals surface area contributed by atoms with E-state index in [0.29, 0.717) is 131 Å². The van der Waals surface area contributed by atoms with Gasteiger partial charge in [-0.2, -0.15) is 0 Å². The highest BCUT2D eigenvalue weighted by Crippen LogP contribution is 2.43. The Bertz CT molecular complexity index is 2920. The second-order valence-electron chi connectivity index (χ2n) is 19.7. The molecule has 0 saturated carbocycles. The average Bonchev–Trinajstić information content (AvgIpc) is 4.12. The fraction of sp³-hybridized carbons (Fsp3) is 0.433. The Morgan fingerprint density at radius 3 is 1.87 bits per heavy atom. The lowest BCUT2D eigenvalue weighted by Gasteiger charge is -2.27. The second kappa shape index (κ2) is 31.7. The highest BCUT2D eigenvalue weighted by molar-refractivity contribution is 6.25. The molecule has 21 nitrogen and oxygen atoms in total. The van der Waals surface area contributed by atoms with Gasteiger partial charge in [0, 0.05) is 42.1 Å². The van der Waals surface area contributed by atoms with Crippen molar-refractivity contribution in [1.29, 1.82) is 0 Å². The third-order valence-corrected chi connectivity index (χ3v) is 13.4. The molecular formula is C60H72FN5O16. The van der Waals surface area contributed by atoms with Crippen molar-refractivity contribution in [3.8, 4) is 28.1 Å². The number of aromatic nitrogens is 1. The molecule has 4 aromatic carbocycles. The fourth-order valence-corrected chi connectivity index (χ4v) is 9.66. The molecule has 0 aliphatic carbocycles. The summed E-state index contributed by atoms with van der Waals surface area (Å²) in [5, 5.41) is 38.7. The molecule has 2 aliphatic heterocycles. The van der Waals surface area contributed by atoms with Crippen LogP contribution in [0.25, 0.3) is 22.4 Å². The summed E-state index contributed by atoms with van der Waals surface area (Å²) in [4.78, 5) is 76.9. The van der Waals surface area contributed by atoms with Crippen LogP contribution in [0.1, 0.15) is 88.6 Å². The number of benzene rings is 4. The number of carbonyl (C=O) groups is 6. The molecule has 2 aliphatic rings. The number of hydrogen-bond donors (Lipinski definition) is 6. The number of nitrogens with zero attached hydrogens (tertiary/aromatic N) is 2. The van der Waals surface area contributed by atoms with E-state index in [0.717, 1.165) is 10.5 Å². The van der Waals surface area contributed by atoms with Crippen molar-refractivity contribution in [2.45, 2.75) is 76.7 Å². The topological polar surface area (TPSA) is 272 Å². The van der Waals surface area contributed by atoms with Gasteiger partial charge in [0.1, 0.15) is 24.2 Å². The van der Waals surface area contributed by atoms with E-state index >= 15 is 0 Å². The fourth-order valence-electron chi connectivity index (χ4n) is 9.66. The summed E-state index contributed by atoms with van der Waals surface area (Å²) in [5.41, 5.74) is 5.13. The Morgan fingerprint density at radius 1 is 0.683 bits per heavy atom. The van der Waals surface area contributed by atoms with Crippen LogP contribution in [0.5, 0.6) is 5.75 Å². The first-order valence-electron chi connectivity index (χ1n) is 27.5. The van der Waals surface area contributed by atoms with Gasteiger partial charge < -0.3 is 63.7 Å². The highest BCUT2D eigenvalue weighted by atomic mass is 19.1. The molecule has 1 unspecified atom stereocenters. The molecule has 0 radical (unpaired) electrons. The number of fused-ring (bicyclic) bond motifs is 1. The van der Waals surface area contributed by atoms with E-state index < -0.39 is 60.1 Å². The number of piperidine rings is 1. The maximum atomic E-state index is 14.6. The number of carboxylic acid groups (broad SMARTS) is 1. The summed E-state index contributed by atoms with van der Waals surface area (Å²) < 4.78 is 55.7. The van der Waals surface area contributed by atoms with E-state index in [4.69, 9.17) is 38.3 Å². The zero-order chi connectivity index (χ0) is 58.4. The Balaban J connectivity index is 0.737. The molecule has 82 heavy (non-hydrogen) atoms. The zero-order valence-corrected chi connectivity index (χ0v) is 46.1. The van der Waals surface area contributed by atoms with Crippen LogP contribution in [0.15, 0.2) is 97.1 Å². The van der Waals surface area contributed by atoms with Crippen molar-refractivity contribution in [1.82, 2.24) is 14.8 Å². The summed E-state index contributed by atoms with van der Waals surface area (Å²) in [7, 11) is 0. The van der Waals surface area contributed by atoms with Gasteiger partial charge in [0.25, 0.3) is 17.7 Å². The van der Waals surface area contributed by atoms with Crippen LogP contribution in [0, 0.1) is 5.82 Å². The molecule has 0 bridgehead atoms. The molecule has 0 spiro atoms. The number of aliphatic carboxylic acids is 1. The van der Waals surface area contributed by atoms with Crippen LogP contribution in [-0.4, -0.2) is 171 Å². The third-order valence-electron chi connectivity index (χ3n) is 13.4. The molecule has 1 saturated heterocycles. The highest BCUT2D eigenvalue weighted by Gasteiger charge is 2.45. The monoisotopic (exact) mass is 1140 g/mol. The van der Waals surface area contributed by atoms with Crippen molar-refractivity contribution in [3.05, 3.63) is 125 Å². The van der Waals surface area contributed by atoms with Gasteiger partial charge in [-0.1, -0.05) is 50.2 Å². The first-order chi connectivity index (χ1) is 39.7. The second-order valence-corrected chi connectivity index (χ2v) is 19.7. The summed E-state index contributed by atoms with van der Waals surface area (Å²) in [5.74, 6) is -3.84. The number of aliphatic hydroxyl groups is 2. The number of anilines is 2. The Morgan fingerprint density at radius 2 is 1.28 bits per heavy atom. The van der Waals surface area contributed by atoms with Gasteiger partial charge in [-0.25, -0.2) is 4.39 Å². The minimum atomic E-state index is -1.23. The van der Waals surface area contributed by atoms with Crippen molar-refractivity contribution in [3.63, 3.8) is 0 Å². The van der Waals surface area contributed by atoms with Crippen molar-refractivity contribution in [2.75, 3.05) is 103 Å². The molecule has 440 valence electrons. The number of carbonyl (C=O) groups excluding carboxylic acids is 5. The number of imide groups is 2. The lowest BCUT2D eigenvalue weighted by atomic mass is 9.94. The van der Waals surface area contributed by atoms with E-state index in [9.17, 15) is 43.4 Å². The number of amides is 5. The zero-order valence-electron chi connectivity index (χ0n) is 46.1. The van der Waals surface area contributed by atoms with Gasteiger partial charge in [0.15, 0.2) is 0 Å². The van der Waals surface area contributed by atoms with Crippen molar-refractivity contribution >= 4 is 46.9 Å². The van der Waals surface area contributed by atoms with Gasteiger partial charge >= 0.3 is 5.97 Å². The lowest BCUT2D eigenvalue weighted by molar-refractivity contribution is -0.140. The maximum absolute atomic E-state index is 14.6. The van der Waals surface area contributed by atoms with Gasteiger partial charge in [0.05, 0.1) is 120 Å². The quantitative estimate of drug-likeness (QED) is 0.0190. The maximum Gasteiger partial charge on any atom is 0.305 e. The summed E-state index contributed by atoms with van der Waals surface area (Å²) >= 11 is 0. The SMILES string of the molecule is CC(C)c1c(C(=O)Nc2ccc(OCCOCCOCCOCCOCCOCCOCCNc3cccc4c3C(=O)N(C3CCC(=O)NC3=O)C4=O)cc2)c(-c2ccccc2)c(-c2ccc(F)cc2)n1CC[C@@H](O)C[C@@H](O)CC(=O)O. The van der Waals surface area contributed by atoms with Crippen LogP contribution in [-0.2, 0) is 49.3 Å². The van der Waals surface area contributed by atoms with E-state index in [2.05, 4.69) is 16.0 Å². The molecule has 1 fully saturated rings. The number of aliphatic hydroxyl groups excluding tert-OH is 2. The van der Waals surface area contributed by atoms with Gasteiger partial charge in [0.2, 0.25) is 11.8 Å². The Kier molecular flexibility index (Phi) is 24.0. The van der Waals surface area contributed by atoms with Crippen LogP contribution in [0.4, 0.5) is 15.8 Å². The molecule has 7 rings (SSSR count). The summed E-state index contributed by atoms with van der Waals surface area (Å²) in [6, 6.07) is 26.2. The first kappa shape index (κ1) is 62.2. The predicted molar refractivity (Wildman–Crippen MR) is 299 cm³/mol. The molecule has 3 atom stereocenters. The van der Waals surface area contributed by atoms with Gasteiger partial charge in [-0.3, -0.25) is 39.0 Å². The molecule has 5 aromatic rings. The average molecular weight is 1140 g/mol. The van der Waals surface area contributed by atoms with Gasteiger partial charge in [-0.05, 0) is 97.0 Å². The van der Waals surface area contributed by atoms with Crippen molar-refractivity contribution in [2.24, 2.45) is 0 Å². The summed E-state index contributed by atoms with van der Waals surface area (Å²) in [6.45, 7) is 9.15. The van der Waals surface area contributed by atoms with Crippen molar-refractivity contribution < 1.29 is 81.6 Å². The third kappa shape index (κ3) is 17.6. The number of carboxylic acids is 1. The smallest absolute Gasteiger partial charge is 0.305 e. The normalized spacial score (nSPS) is 15.0. The molecule has 1 aromatic heterocycles. The van der Waals surface area contributed by atoms with Crippen LogP contribution in [0.2, 0.25) is 0 Å². The standard InChI is InChI=1S/C60H72FN5O16/c1-39(2)55-54(52(40-7-4-3-5-8-40)56(41-11-13-42(61)14-12-41)65(55)23-21-44(67)37-45(68)38-51(70)71)58(73)63-43-15-17-46(18-16-43)82-36-35-81-34-33-80-32-31-79-30-29-78-28-27-77-26-25-76-24-22-62-48-10-6-9-47-53(48)60(75)66(59(47)74)49-19-20-50(69)64-57(49)72/h3-18,39,44-45,49,62,67-68H,19-38H2,1-2H3,(H,63,73)(H,70,71)(H,64,69,72)/t44-,45-,49?/m1/s1. The number of halogens is 1. The van der Waals surface area contributed by atoms with E-state index in [1.54, 1.807) is 54.6 Å². The molecule has 5 amide bonds. The molecule has 6 N–H and O–H groups in total. The molecule has 22 heteroatoms. The molecule has 3 heterocycles. The van der Waals surface area contributed by atoms with E-state index in [-0.39, 0.29) is 61.8 Å². The predicted octanol–water partition coefficient (Wildman–Crippen LogP) is 6.31. The van der Waals surface area contributed by atoms with Crippen LogP contribution >= 0.6 is 0 Å². The van der Waals surface area contributed by atoms with Gasteiger partial charge in [-0.15, -0.1) is 0 Å². The number of nitrogens with one attached hydrogen (secondary N) is 3. The lowest BCUT2D eigenvalue weighted by Crippen LogP contribution is -2.54.